The Labute approximate surface area is 293 Å². The van der Waals surface area contributed by atoms with E-state index in [0.717, 1.165) is 57.3 Å². The first-order chi connectivity index (χ1) is 23.1. The Morgan fingerprint density at radius 1 is 1.00 bits per heavy atom. The number of methoxy groups -OCH3 is 1. The van der Waals surface area contributed by atoms with Crippen LogP contribution in [-0.4, -0.2) is 35.8 Å². The molecule has 0 aliphatic heterocycles. The second-order valence-corrected chi connectivity index (χ2v) is 14.6. The fourth-order valence-corrected chi connectivity index (χ4v) is 7.20. The number of hydrogen-bond donors (Lipinski definition) is 2. The van der Waals surface area contributed by atoms with Gasteiger partial charge in [-0.2, -0.15) is 11.8 Å². The van der Waals surface area contributed by atoms with Gasteiger partial charge in [0.1, 0.15) is 23.9 Å². The van der Waals surface area contributed by atoms with Gasteiger partial charge in [-0.1, -0.05) is 91.3 Å². The lowest BCUT2D eigenvalue weighted by Crippen LogP contribution is -2.34. The van der Waals surface area contributed by atoms with Crippen LogP contribution < -0.4 is 14.8 Å². The molecule has 0 amide bonds. The zero-order valence-electron chi connectivity index (χ0n) is 29.8. The van der Waals surface area contributed by atoms with Crippen molar-refractivity contribution in [1.29, 1.82) is 0 Å². The average Bonchev–Trinajstić information content (AvgIpc) is 3.49. The van der Waals surface area contributed by atoms with Crippen molar-refractivity contribution in [2.24, 2.45) is 11.8 Å². The number of nitrogens with one attached hydrogen (secondary N) is 1. The van der Waals surface area contributed by atoms with E-state index < -0.39 is 0 Å². The fraction of sp³-hybridized carbons (Fsp3) is 0.439. The van der Waals surface area contributed by atoms with Gasteiger partial charge in [-0.25, -0.2) is 4.89 Å². The average molecular weight is 673 g/mol. The molecule has 1 fully saturated rings. The first-order valence-corrected chi connectivity index (χ1v) is 18.4. The highest BCUT2D eigenvalue weighted by atomic mass is 32.2. The van der Waals surface area contributed by atoms with Crippen LogP contribution in [-0.2, 0) is 22.5 Å². The van der Waals surface area contributed by atoms with E-state index in [1.54, 1.807) is 18.9 Å². The second-order valence-electron chi connectivity index (χ2n) is 13.6. The summed E-state index contributed by atoms with van der Waals surface area (Å²) >= 11 is 1.77. The van der Waals surface area contributed by atoms with Crippen molar-refractivity contribution < 1.29 is 21.0 Å². The van der Waals surface area contributed by atoms with Crippen molar-refractivity contribution in [3.05, 3.63) is 102 Å². The maximum absolute atomic E-state index is 9.32. The lowest BCUT2D eigenvalue weighted by Gasteiger charge is -2.21. The van der Waals surface area contributed by atoms with Crippen LogP contribution in [0.3, 0.4) is 0 Å². The van der Waals surface area contributed by atoms with Crippen LogP contribution in [0.25, 0.3) is 16.5 Å². The Morgan fingerprint density at radius 2 is 1.69 bits per heavy atom. The van der Waals surface area contributed by atoms with E-state index in [-0.39, 0.29) is 19.5 Å². The van der Waals surface area contributed by atoms with E-state index in [0.29, 0.717) is 17.5 Å². The maximum atomic E-state index is 9.32. The summed E-state index contributed by atoms with van der Waals surface area (Å²) in [5, 5.41) is 15.0. The van der Waals surface area contributed by atoms with Crippen LogP contribution in [0.1, 0.15) is 84.7 Å². The van der Waals surface area contributed by atoms with Gasteiger partial charge >= 0.3 is 0 Å². The highest BCUT2D eigenvalue weighted by Crippen LogP contribution is 2.36. The molecule has 2 unspecified atom stereocenters. The maximum Gasteiger partial charge on any atom is 0.128 e. The normalized spacial score (nSPS) is 16.6. The minimum Gasteiger partial charge on any atom is -0.497 e. The number of rotatable bonds is 14. The first-order valence-electron chi connectivity index (χ1n) is 17.3. The first kappa shape index (κ1) is 37.3. The monoisotopic (exact) mass is 672 g/mol. The van der Waals surface area contributed by atoms with Crippen molar-refractivity contribution >= 4 is 28.2 Å². The third-order valence-electron chi connectivity index (χ3n) is 9.04. The number of benzene rings is 3. The second kappa shape index (κ2) is 17.8. The summed E-state index contributed by atoms with van der Waals surface area (Å²) in [4.78, 5) is 9.79. The summed E-state index contributed by atoms with van der Waals surface area (Å²) in [6, 6.07) is 24.7. The molecule has 2 N–H and O–H groups in total. The molecule has 48 heavy (non-hydrogen) atoms. The van der Waals surface area contributed by atoms with E-state index in [1.165, 1.54) is 30.4 Å². The van der Waals surface area contributed by atoms with Gasteiger partial charge in [0.2, 0.25) is 0 Å². The van der Waals surface area contributed by atoms with Crippen LogP contribution >= 0.6 is 11.8 Å². The largest absolute Gasteiger partial charge is 0.497 e. The molecule has 1 aliphatic rings. The molecule has 260 valence electrons. The smallest absolute Gasteiger partial charge is 0.128 e. The van der Waals surface area contributed by atoms with Gasteiger partial charge in [0.25, 0.3) is 0 Å². The lowest BCUT2D eigenvalue weighted by molar-refractivity contribution is -0.245. The van der Waals surface area contributed by atoms with Crippen LogP contribution in [0.5, 0.6) is 17.2 Å². The topological polar surface area (TPSA) is 72.8 Å². The molecule has 0 saturated heterocycles. The molecule has 5 rings (SSSR count). The molecule has 3 aromatic carbocycles. The molecule has 4 aromatic rings. The van der Waals surface area contributed by atoms with Crippen LogP contribution in [0.4, 0.5) is 0 Å². The van der Waals surface area contributed by atoms with Crippen molar-refractivity contribution in [3.63, 3.8) is 0 Å². The van der Waals surface area contributed by atoms with Gasteiger partial charge in [-0.05, 0) is 89.1 Å². The predicted octanol–water partition coefficient (Wildman–Crippen LogP) is 10.9. The van der Waals surface area contributed by atoms with Gasteiger partial charge in [0, 0.05) is 24.0 Å². The Kier molecular flexibility index (Phi) is 13.8. The molecule has 7 heteroatoms. The molecule has 0 bridgehead atoms. The summed E-state index contributed by atoms with van der Waals surface area (Å²) < 4.78 is 11.6. The molecular formula is C41H56N2O4S. The number of thioether (sulfide) groups is 1. The molecule has 1 heterocycles. The Hall–Kier alpha value is -3.52. The zero-order chi connectivity index (χ0) is 34.7. The van der Waals surface area contributed by atoms with E-state index in [1.807, 2.05) is 44.2 Å². The quantitative estimate of drug-likeness (QED) is 0.102. The molecular weight excluding hydrogens is 617 g/mol. The van der Waals surface area contributed by atoms with Crippen molar-refractivity contribution in [2.45, 2.75) is 84.4 Å². The van der Waals surface area contributed by atoms with Crippen LogP contribution in [0.15, 0.2) is 79.4 Å². The third-order valence-corrected chi connectivity index (χ3v) is 10.2. The van der Waals surface area contributed by atoms with E-state index in [2.05, 4.69) is 86.9 Å². The summed E-state index contributed by atoms with van der Waals surface area (Å²) in [6.45, 7) is 17.5. The highest BCUT2D eigenvalue weighted by molar-refractivity contribution is 7.98. The van der Waals surface area contributed by atoms with Gasteiger partial charge < -0.3 is 14.8 Å². The molecule has 0 spiro atoms. The van der Waals surface area contributed by atoms with Gasteiger partial charge in [0.15, 0.2) is 0 Å². The standard InChI is InChI=1S/C39H48N2O4S.C2H6.H2/c1-26-8-7-9-29(26)20-38-36-22-35(45-34-18-13-31(14-19-34)39(3,4)5)17-12-30(36)21-37(41-38)27(2)40-32(23-44-42)25-46-24-28-10-15-33(43-6)16-11-28;1-2;/h10-19,21-22,26,29,32,40,42H,2,7-9,20,23-25H2,1,3-6H3;1-2H3;1H/t26?,29?,32-;;/m1../s1. The lowest BCUT2D eigenvalue weighted by atomic mass is 9.87. The van der Waals surface area contributed by atoms with Crippen molar-refractivity contribution in [2.75, 3.05) is 19.5 Å². The molecule has 1 aromatic heterocycles. The number of aromatic nitrogens is 1. The Morgan fingerprint density at radius 3 is 2.31 bits per heavy atom. The Balaban J connectivity index is 0.00000213. The fourth-order valence-electron chi connectivity index (χ4n) is 6.19. The van der Waals surface area contributed by atoms with Crippen LogP contribution in [0.2, 0.25) is 0 Å². The van der Waals surface area contributed by atoms with Gasteiger partial charge in [-0.15, -0.1) is 0 Å². The number of nitrogens with zero attached hydrogens (tertiary/aromatic N) is 1. The minimum absolute atomic E-state index is 0. The highest BCUT2D eigenvalue weighted by Gasteiger charge is 2.25. The van der Waals surface area contributed by atoms with Crippen molar-refractivity contribution in [3.8, 4) is 17.2 Å². The van der Waals surface area contributed by atoms with Crippen molar-refractivity contribution in [1.82, 2.24) is 10.3 Å². The number of hydrogen-bond acceptors (Lipinski definition) is 7. The molecule has 3 atom stereocenters. The van der Waals surface area contributed by atoms with Gasteiger partial charge in [-0.3, -0.25) is 10.2 Å². The Bertz CT molecular complexity index is 1610. The third kappa shape index (κ3) is 10.2. The molecule has 0 radical (unpaired) electrons. The SMILES string of the molecule is C=C(N[C@H](COO)CSCc1ccc(OC)cc1)c1cc2ccc(Oc3ccc(C(C)(C)C)cc3)cc2c(CC2CCCC2C)n1.CC.[HH]. The predicted molar refractivity (Wildman–Crippen MR) is 204 cm³/mol. The summed E-state index contributed by atoms with van der Waals surface area (Å²) in [5.41, 5.74) is 5.18. The molecule has 6 nitrogen and oxygen atoms in total. The van der Waals surface area contributed by atoms with E-state index in [9.17, 15) is 5.26 Å². The summed E-state index contributed by atoms with van der Waals surface area (Å²) in [7, 11) is 1.67. The summed E-state index contributed by atoms with van der Waals surface area (Å²) in [6.07, 6.45) is 4.69. The number of ether oxygens (including phenoxy) is 2. The molecule has 1 aliphatic carbocycles. The molecule has 1 saturated carbocycles. The minimum atomic E-state index is -0.142. The van der Waals surface area contributed by atoms with Crippen LogP contribution in [0, 0.1) is 11.8 Å². The number of pyridine rings is 1. The van der Waals surface area contributed by atoms with E-state index in [4.69, 9.17) is 14.5 Å². The number of fused-ring (bicyclic) bond motifs is 1. The zero-order valence-corrected chi connectivity index (χ0v) is 30.7. The van der Waals surface area contributed by atoms with Gasteiger partial charge in [0.05, 0.1) is 24.5 Å². The van der Waals surface area contributed by atoms with E-state index >= 15 is 0 Å². The summed E-state index contributed by atoms with van der Waals surface area (Å²) in [5.74, 6) is 5.31.